The van der Waals surface area contributed by atoms with Crippen LogP contribution >= 0.6 is 0 Å². The standard InChI is InChI=1S/C13H12F3N3O3/c1-19(2)12(20)21-7-8-3-5-9(6-4-8)10-17-11(22-18-10)13(14,15)16/h3-6H,7H2,1-2H3. The van der Waals surface area contributed by atoms with Gasteiger partial charge in [-0.2, -0.15) is 18.2 Å². The lowest BCUT2D eigenvalue weighted by atomic mass is 10.1. The third-order valence-corrected chi connectivity index (χ3v) is 2.61. The summed E-state index contributed by atoms with van der Waals surface area (Å²) >= 11 is 0. The van der Waals surface area contributed by atoms with Crippen molar-refractivity contribution in [3.63, 3.8) is 0 Å². The van der Waals surface area contributed by atoms with E-state index in [1.807, 2.05) is 0 Å². The van der Waals surface area contributed by atoms with E-state index in [9.17, 15) is 18.0 Å². The fourth-order valence-electron chi connectivity index (χ4n) is 1.48. The second kappa shape index (κ2) is 6.04. The molecule has 0 aliphatic heterocycles. The van der Waals surface area contributed by atoms with Crippen LogP contribution in [0.15, 0.2) is 28.8 Å². The normalized spacial score (nSPS) is 11.3. The average Bonchev–Trinajstić information content (AvgIpc) is 2.95. The van der Waals surface area contributed by atoms with Crippen LogP contribution in [0, 0.1) is 0 Å². The van der Waals surface area contributed by atoms with Crippen molar-refractivity contribution in [1.82, 2.24) is 15.0 Å². The zero-order valence-electron chi connectivity index (χ0n) is 11.7. The van der Waals surface area contributed by atoms with Crippen LogP contribution in [0.5, 0.6) is 0 Å². The Morgan fingerprint density at radius 3 is 2.41 bits per heavy atom. The van der Waals surface area contributed by atoms with Crippen molar-refractivity contribution >= 4 is 6.09 Å². The van der Waals surface area contributed by atoms with Crippen molar-refractivity contribution in [3.8, 4) is 11.4 Å². The summed E-state index contributed by atoms with van der Waals surface area (Å²) in [7, 11) is 3.11. The van der Waals surface area contributed by atoms with Crippen LogP contribution < -0.4 is 0 Å². The smallest absolute Gasteiger partial charge is 0.445 e. The number of rotatable bonds is 3. The van der Waals surface area contributed by atoms with E-state index in [4.69, 9.17) is 4.74 Å². The van der Waals surface area contributed by atoms with Crippen LogP contribution in [0.4, 0.5) is 18.0 Å². The molecule has 0 saturated carbocycles. The topological polar surface area (TPSA) is 68.5 Å². The highest BCUT2D eigenvalue weighted by Gasteiger charge is 2.38. The molecule has 118 valence electrons. The molecule has 9 heteroatoms. The number of carbonyl (C=O) groups is 1. The van der Waals surface area contributed by atoms with E-state index in [0.29, 0.717) is 11.1 Å². The first-order chi connectivity index (χ1) is 10.3. The summed E-state index contributed by atoms with van der Waals surface area (Å²) in [5, 5.41) is 3.28. The summed E-state index contributed by atoms with van der Waals surface area (Å²) in [5.74, 6) is -1.56. The SMILES string of the molecule is CN(C)C(=O)OCc1ccc(-c2noc(C(F)(F)F)n2)cc1. The molecular formula is C13H12F3N3O3. The highest BCUT2D eigenvalue weighted by molar-refractivity contribution is 5.66. The lowest BCUT2D eigenvalue weighted by molar-refractivity contribution is -0.159. The molecule has 0 radical (unpaired) electrons. The van der Waals surface area contributed by atoms with E-state index in [1.165, 1.54) is 17.0 Å². The van der Waals surface area contributed by atoms with Gasteiger partial charge in [0.15, 0.2) is 0 Å². The van der Waals surface area contributed by atoms with E-state index in [2.05, 4.69) is 14.7 Å². The highest BCUT2D eigenvalue weighted by Crippen LogP contribution is 2.29. The third kappa shape index (κ3) is 3.74. The minimum Gasteiger partial charge on any atom is -0.445 e. The molecule has 0 N–H and O–H groups in total. The van der Waals surface area contributed by atoms with Gasteiger partial charge in [-0.05, 0) is 5.56 Å². The average molecular weight is 315 g/mol. The van der Waals surface area contributed by atoms with Crippen LogP contribution in [0.1, 0.15) is 11.5 Å². The predicted molar refractivity (Wildman–Crippen MR) is 68.6 cm³/mol. The number of carbonyl (C=O) groups excluding carboxylic acids is 1. The number of ether oxygens (including phenoxy) is 1. The minimum atomic E-state index is -4.68. The van der Waals surface area contributed by atoms with Crippen molar-refractivity contribution in [1.29, 1.82) is 0 Å². The minimum absolute atomic E-state index is 0.0529. The van der Waals surface area contributed by atoms with Crippen LogP contribution in [0.2, 0.25) is 0 Å². The Kier molecular flexibility index (Phi) is 4.34. The molecule has 0 saturated heterocycles. The third-order valence-electron chi connectivity index (χ3n) is 2.61. The molecule has 1 aromatic carbocycles. The second-order valence-corrected chi connectivity index (χ2v) is 4.57. The van der Waals surface area contributed by atoms with Crippen LogP contribution in [0.25, 0.3) is 11.4 Å². The summed E-state index contributed by atoms with van der Waals surface area (Å²) in [6.07, 6.45) is -5.16. The first-order valence-electron chi connectivity index (χ1n) is 6.11. The maximum Gasteiger partial charge on any atom is 0.471 e. The molecule has 0 aliphatic rings. The van der Waals surface area contributed by atoms with Crippen molar-refractivity contribution in [2.75, 3.05) is 14.1 Å². The molecule has 0 bridgehead atoms. The van der Waals surface area contributed by atoms with E-state index in [-0.39, 0.29) is 12.4 Å². The number of nitrogens with zero attached hydrogens (tertiary/aromatic N) is 3. The molecule has 0 fully saturated rings. The second-order valence-electron chi connectivity index (χ2n) is 4.57. The van der Waals surface area contributed by atoms with Gasteiger partial charge in [-0.15, -0.1) is 0 Å². The number of halogens is 3. The van der Waals surface area contributed by atoms with Gasteiger partial charge in [-0.1, -0.05) is 29.4 Å². The molecule has 0 atom stereocenters. The molecule has 2 aromatic rings. The van der Waals surface area contributed by atoms with E-state index >= 15 is 0 Å². The molecule has 0 unspecified atom stereocenters. The Labute approximate surface area is 123 Å². The van der Waals surface area contributed by atoms with Crippen LogP contribution in [-0.2, 0) is 17.5 Å². The van der Waals surface area contributed by atoms with Gasteiger partial charge >= 0.3 is 18.2 Å². The Morgan fingerprint density at radius 1 is 1.27 bits per heavy atom. The highest BCUT2D eigenvalue weighted by atomic mass is 19.4. The molecule has 1 aromatic heterocycles. The number of aromatic nitrogens is 2. The van der Waals surface area contributed by atoms with Gasteiger partial charge in [0.25, 0.3) is 0 Å². The van der Waals surface area contributed by atoms with Crippen molar-refractivity contribution < 1.29 is 27.2 Å². The van der Waals surface area contributed by atoms with Gasteiger partial charge in [0, 0.05) is 19.7 Å². The Hall–Kier alpha value is -2.58. The number of amides is 1. The summed E-state index contributed by atoms with van der Waals surface area (Å²) in [4.78, 5) is 15.8. The van der Waals surface area contributed by atoms with Crippen LogP contribution in [-0.4, -0.2) is 35.2 Å². The Morgan fingerprint density at radius 2 is 1.91 bits per heavy atom. The summed E-state index contributed by atoms with van der Waals surface area (Å²) in [6.45, 7) is 0.0529. The first-order valence-corrected chi connectivity index (χ1v) is 6.11. The monoisotopic (exact) mass is 315 g/mol. The fraction of sp³-hybridized carbons (Fsp3) is 0.308. The zero-order valence-corrected chi connectivity index (χ0v) is 11.7. The van der Waals surface area contributed by atoms with Crippen molar-refractivity contribution in [3.05, 3.63) is 35.7 Å². The van der Waals surface area contributed by atoms with E-state index < -0.39 is 18.2 Å². The molecule has 0 aliphatic carbocycles. The van der Waals surface area contributed by atoms with Crippen LogP contribution in [0.3, 0.4) is 0 Å². The van der Waals surface area contributed by atoms with E-state index in [0.717, 1.165) is 0 Å². The largest absolute Gasteiger partial charge is 0.471 e. The zero-order chi connectivity index (χ0) is 16.3. The lowest BCUT2D eigenvalue weighted by Gasteiger charge is -2.10. The summed E-state index contributed by atoms with van der Waals surface area (Å²) < 4.78 is 46.3. The number of hydrogen-bond acceptors (Lipinski definition) is 5. The van der Waals surface area contributed by atoms with Gasteiger partial charge in [0.1, 0.15) is 6.61 Å². The van der Waals surface area contributed by atoms with Gasteiger partial charge < -0.3 is 14.2 Å². The molecule has 1 amide bonds. The quantitative estimate of drug-likeness (QED) is 0.871. The Balaban J connectivity index is 2.06. The van der Waals surface area contributed by atoms with Crippen molar-refractivity contribution in [2.24, 2.45) is 0 Å². The number of hydrogen-bond donors (Lipinski definition) is 0. The summed E-state index contributed by atoms with van der Waals surface area (Å²) in [6, 6.07) is 6.23. The number of benzene rings is 1. The van der Waals surface area contributed by atoms with Gasteiger partial charge in [0.05, 0.1) is 0 Å². The molecule has 2 rings (SSSR count). The fourth-order valence-corrected chi connectivity index (χ4v) is 1.48. The summed E-state index contributed by atoms with van der Waals surface area (Å²) in [5.41, 5.74) is 1.04. The van der Waals surface area contributed by atoms with Gasteiger partial charge in [-0.3, -0.25) is 0 Å². The van der Waals surface area contributed by atoms with Gasteiger partial charge in [-0.25, -0.2) is 4.79 Å². The molecule has 22 heavy (non-hydrogen) atoms. The number of alkyl halides is 3. The van der Waals surface area contributed by atoms with Gasteiger partial charge in [0.2, 0.25) is 5.82 Å². The lowest BCUT2D eigenvalue weighted by Crippen LogP contribution is -2.22. The Bertz CT molecular complexity index is 651. The molecule has 1 heterocycles. The molecule has 0 spiro atoms. The molecular weight excluding hydrogens is 303 g/mol. The maximum absolute atomic E-state index is 12.4. The first kappa shape index (κ1) is 15.8. The van der Waals surface area contributed by atoms with E-state index in [1.54, 1.807) is 26.2 Å². The maximum atomic E-state index is 12.4. The molecule has 6 nitrogen and oxygen atoms in total. The predicted octanol–water partition coefficient (Wildman–Crippen LogP) is 2.95. The van der Waals surface area contributed by atoms with Crippen molar-refractivity contribution in [2.45, 2.75) is 12.8 Å².